The second-order valence-electron chi connectivity index (χ2n) is 7.78. The number of benzene rings is 2. The van der Waals surface area contributed by atoms with Crippen molar-refractivity contribution in [2.24, 2.45) is 0 Å². The molecule has 32 heavy (non-hydrogen) atoms. The third kappa shape index (κ3) is 4.08. The predicted molar refractivity (Wildman–Crippen MR) is 117 cm³/mol. The molecule has 4 rings (SSSR count). The SMILES string of the molecule is Cc1ccc2c(c1)c(=O)cc(C(F)(F)F)n2C[C@@H](C)NC(=O)c1nccc2ccccc12. The van der Waals surface area contributed by atoms with Crippen LogP contribution in [0.15, 0.2) is 65.6 Å². The number of hydrogen-bond donors (Lipinski definition) is 1. The highest BCUT2D eigenvalue weighted by atomic mass is 19.4. The van der Waals surface area contributed by atoms with E-state index < -0.39 is 29.2 Å². The minimum Gasteiger partial charge on any atom is -0.346 e. The van der Waals surface area contributed by atoms with Crippen LogP contribution < -0.4 is 10.7 Å². The van der Waals surface area contributed by atoms with Gasteiger partial charge in [0.15, 0.2) is 5.43 Å². The first-order valence-corrected chi connectivity index (χ1v) is 10.0. The van der Waals surface area contributed by atoms with Gasteiger partial charge in [0.2, 0.25) is 0 Å². The molecule has 0 saturated carbocycles. The van der Waals surface area contributed by atoms with E-state index in [1.165, 1.54) is 12.3 Å². The Labute approximate surface area is 181 Å². The Balaban J connectivity index is 1.70. The zero-order valence-corrected chi connectivity index (χ0v) is 17.4. The summed E-state index contributed by atoms with van der Waals surface area (Å²) in [6.07, 6.45) is -3.21. The van der Waals surface area contributed by atoms with Gasteiger partial charge in [0.25, 0.3) is 5.91 Å². The topological polar surface area (TPSA) is 64.0 Å². The van der Waals surface area contributed by atoms with E-state index in [1.807, 2.05) is 12.1 Å². The molecule has 0 unspecified atom stereocenters. The third-order valence-electron chi connectivity index (χ3n) is 5.28. The fraction of sp³-hybridized carbons (Fsp3) is 0.208. The van der Waals surface area contributed by atoms with E-state index in [-0.39, 0.29) is 23.1 Å². The number of alkyl halides is 3. The standard InChI is InChI=1S/C24H20F3N3O2/c1-14-7-8-19-18(11-14)20(31)12-21(24(25,26)27)30(19)13-15(2)29-23(32)22-17-6-4-3-5-16(17)9-10-28-22/h3-12,15H,13H2,1-2H3,(H,29,32)/t15-/m1/s1. The second-order valence-corrected chi connectivity index (χ2v) is 7.78. The number of fused-ring (bicyclic) bond motifs is 2. The summed E-state index contributed by atoms with van der Waals surface area (Å²) in [5.41, 5.74) is -0.609. The predicted octanol–water partition coefficient (Wildman–Crippen LogP) is 4.70. The fourth-order valence-electron chi connectivity index (χ4n) is 3.84. The lowest BCUT2D eigenvalue weighted by molar-refractivity contribution is -0.143. The number of pyridine rings is 2. The molecule has 2 aromatic heterocycles. The van der Waals surface area contributed by atoms with Gasteiger partial charge in [0, 0.05) is 35.6 Å². The molecule has 0 fully saturated rings. The van der Waals surface area contributed by atoms with Gasteiger partial charge in [-0.15, -0.1) is 0 Å². The van der Waals surface area contributed by atoms with Crippen molar-refractivity contribution in [2.75, 3.05) is 0 Å². The third-order valence-corrected chi connectivity index (χ3v) is 5.28. The molecule has 0 aliphatic rings. The van der Waals surface area contributed by atoms with Crippen molar-refractivity contribution in [1.29, 1.82) is 0 Å². The van der Waals surface area contributed by atoms with Crippen LogP contribution in [0, 0.1) is 6.92 Å². The molecule has 0 aliphatic heterocycles. The van der Waals surface area contributed by atoms with Crippen LogP contribution in [-0.4, -0.2) is 21.5 Å². The van der Waals surface area contributed by atoms with Crippen molar-refractivity contribution in [1.82, 2.24) is 14.9 Å². The molecule has 0 spiro atoms. The van der Waals surface area contributed by atoms with Crippen LogP contribution in [0.2, 0.25) is 0 Å². The van der Waals surface area contributed by atoms with Crippen molar-refractivity contribution >= 4 is 27.6 Å². The summed E-state index contributed by atoms with van der Waals surface area (Å²) in [6.45, 7) is 3.20. The molecule has 1 N–H and O–H groups in total. The minimum absolute atomic E-state index is 0.166. The number of hydrogen-bond acceptors (Lipinski definition) is 3. The molecule has 2 aromatic carbocycles. The number of aryl methyl sites for hydroxylation is 1. The maximum Gasteiger partial charge on any atom is 0.431 e. The van der Waals surface area contributed by atoms with Crippen molar-refractivity contribution in [2.45, 2.75) is 32.6 Å². The molecule has 0 aliphatic carbocycles. The van der Waals surface area contributed by atoms with E-state index >= 15 is 0 Å². The highest BCUT2D eigenvalue weighted by molar-refractivity contribution is 6.05. The quantitative estimate of drug-likeness (QED) is 0.502. The van der Waals surface area contributed by atoms with Gasteiger partial charge in [-0.3, -0.25) is 14.6 Å². The molecule has 0 radical (unpaired) electrons. The van der Waals surface area contributed by atoms with E-state index in [0.29, 0.717) is 11.5 Å². The van der Waals surface area contributed by atoms with Gasteiger partial charge in [-0.1, -0.05) is 35.9 Å². The van der Waals surface area contributed by atoms with Gasteiger partial charge in [0.05, 0.1) is 5.52 Å². The van der Waals surface area contributed by atoms with Gasteiger partial charge in [-0.25, -0.2) is 0 Å². The first-order chi connectivity index (χ1) is 15.1. The summed E-state index contributed by atoms with van der Waals surface area (Å²) in [7, 11) is 0. The summed E-state index contributed by atoms with van der Waals surface area (Å²) in [5, 5.41) is 4.43. The summed E-state index contributed by atoms with van der Waals surface area (Å²) < 4.78 is 42.2. The van der Waals surface area contributed by atoms with Crippen molar-refractivity contribution in [3.05, 3.63) is 88.0 Å². The van der Waals surface area contributed by atoms with E-state index in [2.05, 4.69) is 10.3 Å². The monoisotopic (exact) mass is 439 g/mol. The van der Waals surface area contributed by atoms with Crippen LogP contribution in [0.1, 0.15) is 28.7 Å². The van der Waals surface area contributed by atoms with Gasteiger partial charge in [0.1, 0.15) is 11.4 Å². The smallest absolute Gasteiger partial charge is 0.346 e. The Bertz CT molecular complexity index is 1390. The van der Waals surface area contributed by atoms with Crippen LogP contribution in [0.3, 0.4) is 0 Å². The van der Waals surface area contributed by atoms with Crippen LogP contribution in [0.5, 0.6) is 0 Å². The van der Waals surface area contributed by atoms with Crippen molar-refractivity contribution in [3.8, 4) is 0 Å². The van der Waals surface area contributed by atoms with Gasteiger partial charge in [-0.2, -0.15) is 13.2 Å². The average molecular weight is 439 g/mol. The van der Waals surface area contributed by atoms with Crippen LogP contribution in [0.25, 0.3) is 21.7 Å². The minimum atomic E-state index is -4.72. The number of nitrogens with one attached hydrogen (secondary N) is 1. The molecule has 1 atom stereocenters. The number of carbonyl (C=O) groups excluding carboxylic acids is 1. The largest absolute Gasteiger partial charge is 0.431 e. The second kappa shape index (κ2) is 8.11. The molecule has 0 saturated heterocycles. The van der Waals surface area contributed by atoms with Gasteiger partial charge in [-0.05, 0) is 37.4 Å². The number of rotatable bonds is 4. The molecule has 2 heterocycles. The molecular weight excluding hydrogens is 419 g/mol. The highest BCUT2D eigenvalue weighted by Crippen LogP contribution is 2.31. The Kier molecular flexibility index (Phi) is 5.46. The average Bonchev–Trinajstić information content (AvgIpc) is 2.74. The Hall–Kier alpha value is -3.68. The van der Waals surface area contributed by atoms with E-state index in [9.17, 15) is 22.8 Å². The molecule has 8 heteroatoms. The maximum atomic E-state index is 13.7. The Morgan fingerprint density at radius 3 is 2.59 bits per heavy atom. The molecule has 0 bridgehead atoms. The van der Waals surface area contributed by atoms with Crippen LogP contribution in [0.4, 0.5) is 13.2 Å². The lowest BCUT2D eigenvalue weighted by Gasteiger charge is -2.22. The van der Waals surface area contributed by atoms with Gasteiger partial charge < -0.3 is 9.88 Å². The fourth-order valence-corrected chi connectivity index (χ4v) is 3.84. The van der Waals surface area contributed by atoms with Crippen LogP contribution in [-0.2, 0) is 12.7 Å². The summed E-state index contributed by atoms with van der Waals surface area (Å²) in [4.78, 5) is 29.3. The Morgan fingerprint density at radius 2 is 1.84 bits per heavy atom. The van der Waals surface area contributed by atoms with E-state index in [1.54, 1.807) is 44.2 Å². The number of carbonyl (C=O) groups is 1. The number of halogens is 3. The number of amides is 1. The van der Waals surface area contributed by atoms with Crippen molar-refractivity contribution < 1.29 is 18.0 Å². The zero-order valence-electron chi connectivity index (χ0n) is 17.4. The lowest BCUT2D eigenvalue weighted by atomic mass is 10.1. The lowest BCUT2D eigenvalue weighted by Crippen LogP contribution is -2.37. The van der Waals surface area contributed by atoms with Crippen molar-refractivity contribution in [3.63, 3.8) is 0 Å². The Morgan fingerprint density at radius 1 is 1.09 bits per heavy atom. The first kappa shape index (κ1) is 21.5. The molecule has 5 nitrogen and oxygen atoms in total. The number of aromatic nitrogens is 2. The molecule has 1 amide bonds. The molecule has 164 valence electrons. The van der Waals surface area contributed by atoms with E-state index in [0.717, 1.165) is 15.5 Å². The molecule has 4 aromatic rings. The zero-order chi connectivity index (χ0) is 23.0. The van der Waals surface area contributed by atoms with E-state index in [4.69, 9.17) is 0 Å². The first-order valence-electron chi connectivity index (χ1n) is 10.0. The maximum absolute atomic E-state index is 13.7. The summed E-state index contributed by atoms with van der Waals surface area (Å²) in [5.74, 6) is -0.482. The van der Waals surface area contributed by atoms with Gasteiger partial charge >= 0.3 is 6.18 Å². The summed E-state index contributed by atoms with van der Waals surface area (Å²) in [6, 6.07) is 13.7. The highest BCUT2D eigenvalue weighted by Gasteiger charge is 2.35. The normalized spacial score (nSPS) is 12.8. The number of nitrogens with zero attached hydrogens (tertiary/aromatic N) is 2. The van der Waals surface area contributed by atoms with Crippen LogP contribution >= 0.6 is 0 Å². The summed E-state index contributed by atoms with van der Waals surface area (Å²) >= 11 is 0. The molecular formula is C24H20F3N3O2.